The normalized spacial score (nSPS) is 16.8. The molecule has 1 aromatic carbocycles. The lowest BCUT2D eigenvalue weighted by atomic mass is 9.89. The molecule has 0 saturated carbocycles. The predicted molar refractivity (Wildman–Crippen MR) is 109 cm³/mol. The van der Waals surface area contributed by atoms with E-state index in [4.69, 9.17) is 17.3 Å². The topological polar surface area (TPSA) is 85.0 Å². The molecule has 6 nitrogen and oxygen atoms in total. The van der Waals surface area contributed by atoms with Crippen LogP contribution < -0.4 is 5.73 Å². The van der Waals surface area contributed by atoms with Crippen molar-refractivity contribution in [3.05, 3.63) is 71.3 Å². The van der Waals surface area contributed by atoms with E-state index < -0.39 is 0 Å². The standard InChI is InChI=1S/C21H20ClN5O/c22-17-7-5-14(6-8-17)18-12-25-21(23)26-19(18)16-4-2-10-27(13-16)20(28)15-3-1-9-24-11-15/h1,3,5-9,11-12,16H,2,4,10,13H2,(H2,23,25,26). The molecule has 2 aromatic heterocycles. The Hall–Kier alpha value is -2.99. The summed E-state index contributed by atoms with van der Waals surface area (Å²) in [6, 6.07) is 11.1. The highest BCUT2D eigenvalue weighted by Crippen LogP contribution is 2.34. The van der Waals surface area contributed by atoms with E-state index >= 15 is 0 Å². The van der Waals surface area contributed by atoms with Crippen molar-refractivity contribution < 1.29 is 4.79 Å². The Bertz CT molecular complexity index is 978. The highest BCUT2D eigenvalue weighted by Gasteiger charge is 2.28. The number of nitrogens with zero attached hydrogens (tertiary/aromatic N) is 4. The van der Waals surface area contributed by atoms with Crippen LogP contribution in [0.15, 0.2) is 55.0 Å². The summed E-state index contributed by atoms with van der Waals surface area (Å²) in [5.74, 6) is 0.321. The summed E-state index contributed by atoms with van der Waals surface area (Å²) in [7, 11) is 0. The molecule has 0 bridgehead atoms. The maximum absolute atomic E-state index is 12.8. The SMILES string of the molecule is Nc1ncc(-c2ccc(Cl)cc2)c(C2CCCN(C(=O)c3cccnc3)C2)n1. The van der Waals surface area contributed by atoms with Crippen molar-refractivity contribution in [2.75, 3.05) is 18.8 Å². The minimum atomic E-state index is -0.00660. The molecule has 0 radical (unpaired) electrons. The third-order valence-electron chi connectivity index (χ3n) is 5.00. The van der Waals surface area contributed by atoms with Gasteiger partial charge in [0.1, 0.15) is 0 Å². The van der Waals surface area contributed by atoms with Crippen LogP contribution in [0.1, 0.15) is 34.8 Å². The Balaban J connectivity index is 1.64. The van der Waals surface area contributed by atoms with E-state index in [9.17, 15) is 4.79 Å². The number of carbonyl (C=O) groups excluding carboxylic acids is 1. The quantitative estimate of drug-likeness (QED) is 0.731. The third-order valence-corrected chi connectivity index (χ3v) is 5.25. The number of anilines is 1. The van der Waals surface area contributed by atoms with Crippen LogP contribution in [0.3, 0.4) is 0 Å². The van der Waals surface area contributed by atoms with Gasteiger partial charge in [-0.3, -0.25) is 9.78 Å². The largest absolute Gasteiger partial charge is 0.368 e. The van der Waals surface area contributed by atoms with Crippen molar-refractivity contribution in [1.82, 2.24) is 19.9 Å². The Morgan fingerprint density at radius 1 is 1.18 bits per heavy atom. The van der Waals surface area contributed by atoms with Crippen molar-refractivity contribution in [3.8, 4) is 11.1 Å². The summed E-state index contributed by atoms with van der Waals surface area (Å²) in [5, 5.41) is 0.674. The Kier molecular flexibility index (Phi) is 5.21. The van der Waals surface area contributed by atoms with Gasteiger partial charge in [0.25, 0.3) is 5.91 Å². The summed E-state index contributed by atoms with van der Waals surface area (Å²) in [4.78, 5) is 27.5. The first-order chi connectivity index (χ1) is 13.6. The third kappa shape index (κ3) is 3.82. The minimum absolute atomic E-state index is 0.00660. The van der Waals surface area contributed by atoms with Gasteiger partial charge >= 0.3 is 0 Å². The molecule has 0 aliphatic carbocycles. The Labute approximate surface area is 168 Å². The number of likely N-dealkylation sites (tertiary alicyclic amines) is 1. The number of hydrogen-bond donors (Lipinski definition) is 1. The Morgan fingerprint density at radius 2 is 2.00 bits per heavy atom. The zero-order chi connectivity index (χ0) is 19.5. The number of halogens is 1. The van der Waals surface area contributed by atoms with Gasteiger partial charge in [-0.15, -0.1) is 0 Å². The molecule has 1 saturated heterocycles. The number of aromatic nitrogens is 3. The molecule has 0 spiro atoms. The molecule has 142 valence electrons. The molecule has 1 atom stereocenters. The zero-order valence-corrected chi connectivity index (χ0v) is 16.0. The number of piperidine rings is 1. The summed E-state index contributed by atoms with van der Waals surface area (Å²) in [6.07, 6.45) is 6.86. The number of nitrogens with two attached hydrogens (primary N) is 1. The highest BCUT2D eigenvalue weighted by molar-refractivity contribution is 6.30. The molecule has 7 heteroatoms. The van der Waals surface area contributed by atoms with Crippen LogP contribution >= 0.6 is 11.6 Å². The molecule has 1 aliphatic rings. The smallest absolute Gasteiger partial charge is 0.255 e. The van der Waals surface area contributed by atoms with Crippen molar-refractivity contribution in [1.29, 1.82) is 0 Å². The second-order valence-electron chi connectivity index (χ2n) is 6.87. The fourth-order valence-corrected chi connectivity index (χ4v) is 3.76. The number of pyridine rings is 1. The van der Waals surface area contributed by atoms with Crippen LogP contribution in [0, 0.1) is 0 Å². The minimum Gasteiger partial charge on any atom is -0.368 e. The van der Waals surface area contributed by atoms with Gasteiger partial charge in [-0.1, -0.05) is 23.7 Å². The van der Waals surface area contributed by atoms with Gasteiger partial charge in [0.15, 0.2) is 0 Å². The lowest BCUT2D eigenvalue weighted by Gasteiger charge is -2.33. The van der Waals surface area contributed by atoms with E-state index in [1.165, 1.54) is 0 Å². The number of amides is 1. The highest BCUT2D eigenvalue weighted by atomic mass is 35.5. The number of benzene rings is 1. The zero-order valence-electron chi connectivity index (χ0n) is 15.3. The van der Waals surface area contributed by atoms with E-state index in [0.717, 1.165) is 36.2 Å². The average molecular weight is 394 g/mol. The Morgan fingerprint density at radius 3 is 2.75 bits per heavy atom. The van der Waals surface area contributed by atoms with Crippen molar-refractivity contribution in [2.45, 2.75) is 18.8 Å². The summed E-state index contributed by atoms with van der Waals surface area (Å²) >= 11 is 6.02. The molecule has 4 rings (SSSR count). The molecule has 1 aliphatic heterocycles. The number of nitrogen functional groups attached to an aromatic ring is 1. The second kappa shape index (κ2) is 7.94. The van der Waals surface area contributed by atoms with Gasteiger partial charge in [0, 0.05) is 48.2 Å². The fraction of sp³-hybridized carbons (Fsp3) is 0.238. The molecular formula is C21H20ClN5O. The number of rotatable bonds is 3. The van der Waals surface area contributed by atoms with E-state index in [0.29, 0.717) is 17.1 Å². The molecule has 1 amide bonds. The van der Waals surface area contributed by atoms with E-state index in [1.54, 1.807) is 30.7 Å². The number of hydrogen-bond acceptors (Lipinski definition) is 5. The molecule has 1 unspecified atom stereocenters. The van der Waals surface area contributed by atoms with Crippen LogP contribution in [0.25, 0.3) is 11.1 Å². The van der Waals surface area contributed by atoms with Crippen molar-refractivity contribution in [3.63, 3.8) is 0 Å². The average Bonchev–Trinajstić information content (AvgIpc) is 2.74. The summed E-state index contributed by atoms with van der Waals surface area (Å²) in [6.45, 7) is 1.31. The molecule has 2 N–H and O–H groups in total. The lowest BCUT2D eigenvalue weighted by Crippen LogP contribution is -2.39. The second-order valence-corrected chi connectivity index (χ2v) is 7.30. The van der Waals surface area contributed by atoms with Gasteiger partial charge in [0.2, 0.25) is 5.95 Å². The molecular weight excluding hydrogens is 374 g/mol. The van der Waals surface area contributed by atoms with Gasteiger partial charge in [-0.05, 0) is 42.7 Å². The molecule has 3 heterocycles. The number of carbonyl (C=O) groups is 1. The monoisotopic (exact) mass is 393 g/mol. The van der Waals surface area contributed by atoms with Crippen LogP contribution in [-0.4, -0.2) is 38.8 Å². The van der Waals surface area contributed by atoms with Crippen LogP contribution in [0.2, 0.25) is 5.02 Å². The summed E-state index contributed by atoms with van der Waals surface area (Å²) < 4.78 is 0. The maximum Gasteiger partial charge on any atom is 0.255 e. The first-order valence-corrected chi connectivity index (χ1v) is 9.57. The van der Waals surface area contributed by atoms with Crippen LogP contribution in [0.4, 0.5) is 5.95 Å². The van der Waals surface area contributed by atoms with Crippen LogP contribution in [0.5, 0.6) is 0 Å². The fourth-order valence-electron chi connectivity index (χ4n) is 3.63. The maximum atomic E-state index is 12.8. The van der Waals surface area contributed by atoms with Crippen molar-refractivity contribution >= 4 is 23.5 Å². The van der Waals surface area contributed by atoms with Gasteiger partial charge in [-0.2, -0.15) is 0 Å². The van der Waals surface area contributed by atoms with Crippen molar-refractivity contribution in [2.24, 2.45) is 0 Å². The van der Waals surface area contributed by atoms with Gasteiger partial charge in [-0.25, -0.2) is 9.97 Å². The lowest BCUT2D eigenvalue weighted by molar-refractivity contribution is 0.0705. The molecule has 28 heavy (non-hydrogen) atoms. The summed E-state index contributed by atoms with van der Waals surface area (Å²) in [5.41, 5.74) is 9.27. The van der Waals surface area contributed by atoms with E-state index in [1.807, 2.05) is 29.2 Å². The van der Waals surface area contributed by atoms with E-state index in [-0.39, 0.29) is 17.8 Å². The molecule has 1 fully saturated rings. The van der Waals surface area contributed by atoms with Gasteiger partial charge in [0.05, 0.1) is 11.3 Å². The van der Waals surface area contributed by atoms with Gasteiger partial charge < -0.3 is 10.6 Å². The van der Waals surface area contributed by atoms with E-state index in [2.05, 4.69) is 15.0 Å². The molecule has 3 aromatic rings. The first-order valence-electron chi connectivity index (χ1n) is 9.19. The van der Waals surface area contributed by atoms with Crippen LogP contribution in [-0.2, 0) is 0 Å². The first kappa shape index (κ1) is 18.4. The predicted octanol–water partition coefficient (Wildman–Crippen LogP) is 3.79.